The lowest BCUT2D eigenvalue weighted by atomic mass is 10.6. The predicted octanol–water partition coefficient (Wildman–Crippen LogP) is -1.10. The van der Waals surface area contributed by atoms with Gasteiger partial charge in [-0.3, -0.25) is 0 Å². The molecule has 0 rings (SSSR count). The molecule has 3 N–H and O–H groups in total. The molecule has 74 valence electrons. The molecule has 0 radical (unpaired) electrons. The van der Waals surface area contributed by atoms with Crippen LogP contribution in [-0.2, 0) is 14.8 Å². The van der Waals surface area contributed by atoms with Crippen molar-refractivity contribution in [3.63, 3.8) is 0 Å². The first-order valence-electron chi connectivity index (χ1n) is 3.85. The normalized spacial score (nSPS) is 11.8. The zero-order valence-corrected chi connectivity index (χ0v) is 8.06. The Morgan fingerprint density at radius 3 is 2.58 bits per heavy atom. The van der Waals surface area contributed by atoms with Gasteiger partial charge < -0.3 is 10.1 Å². The third-order valence-corrected chi connectivity index (χ3v) is 1.96. The lowest BCUT2D eigenvalue weighted by Crippen LogP contribution is -2.29. The minimum atomic E-state index is -3.32. The van der Waals surface area contributed by atoms with Crippen LogP contribution < -0.4 is 10.5 Å². The maximum absolute atomic E-state index is 10.4. The Kier molecular flexibility index (Phi) is 6.27. The fourth-order valence-corrected chi connectivity index (χ4v) is 1.06. The Bertz CT molecular complexity index is 191. The Labute approximate surface area is 73.3 Å². The summed E-state index contributed by atoms with van der Waals surface area (Å²) in [7, 11) is -3.32. The molecule has 0 aromatic carbocycles. The second-order valence-corrected chi connectivity index (χ2v) is 4.05. The average Bonchev–Trinajstić information content (AvgIpc) is 1.94. The van der Waals surface area contributed by atoms with Crippen LogP contribution in [0, 0.1) is 0 Å². The molecule has 0 spiro atoms. The van der Waals surface area contributed by atoms with Gasteiger partial charge in [-0.15, -0.1) is 0 Å². The van der Waals surface area contributed by atoms with Crippen LogP contribution >= 0.6 is 0 Å². The third-order valence-electron chi connectivity index (χ3n) is 1.19. The Hall–Kier alpha value is -0.170. The van der Waals surface area contributed by atoms with E-state index in [-0.39, 0.29) is 5.75 Å². The van der Waals surface area contributed by atoms with E-state index in [1.54, 1.807) is 0 Å². The van der Waals surface area contributed by atoms with Crippen LogP contribution in [0.3, 0.4) is 0 Å². The molecule has 0 bridgehead atoms. The molecule has 0 aliphatic rings. The van der Waals surface area contributed by atoms with Crippen molar-refractivity contribution in [2.24, 2.45) is 5.14 Å². The van der Waals surface area contributed by atoms with Gasteiger partial charge in [0.05, 0.1) is 12.4 Å². The van der Waals surface area contributed by atoms with E-state index in [1.165, 1.54) is 0 Å². The van der Waals surface area contributed by atoms with E-state index in [0.29, 0.717) is 26.3 Å². The van der Waals surface area contributed by atoms with Crippen LogP contribution in [0.5, 0.6) is 0 Å². The maximum atomic E-state index is 10.4. The number of rotatable bonds is 7. The van der Waals surface area contributed by atoms with Crippen molar-refractivity contribution in [1.82, 2.24) is 5.32 Å². The average molecular weight is 196 g/mol. The smallest absolute Gasteiger partial charge is 0.210 e. The van der Waals surface area contributed by atoms with Crippen LogP contribution in [0.4, 0.5) is 0 Å². The molecule has 0 aliphatic carbocycles. The van der Waals surface area contributed by atoms with E-state index in [4.69, 9.17) is 9.88 Å². The summed E-state index contributed by atoms with van der Waals surface area (Å²) in [6.45, 7) is 4.22. The summed E-state index contributed by atoms with van der Waals surface area (Å²) in [6.07, 6.45) is 0. The van der Waals surface area contributed by atoms with Crippen LogP contribution in [-0.4, -0.2) is 40.5 Å². The molecule has 0 amide bonds. The van der Waals surface area contributed by atoms with E-state index < -0.39 is 10.0 Å². The van der Waals surface area contributed by atoms with Crippen LogP contribution in [0.15, 0.2) is 0 Å². The summed E-state index contributed by atoms with van der Waals surface area (Å²) in [4.78, 5) is 0. The van der Waals surface area contributed by atoms with Crippen molar-refractivity contribution in [3.8, 4) is 0 Å². The maximum Gasteiger partial charge on any atom is 0.210 e. The second-order valence-electron chi connectivity index (χ2n) is 2.31. The summed E-state index contributed by atoms with van der Waals surface area (Å²) in [5, 5.41) is 7.67. The molecule has 0 unspecified atom stereocenters. The first-order valence-corrected chi connectivity index (χ1v) is 5.56. The number of hydrogen-bond acceptors (Lipinski definition) is 4. The van der Waals surface area contributed by atoms with Gasteiger partial charge >= 0.3 is 0 Å². The highest BCUT2D eigenvalue weighted by atomic mass is 32.2. The van der Waals surface area contributed by atoms with Gasteiger partial charge in [0.15, 0.2) is 0 Å². The van der Waals surface area contributed by atoms with Crippen LogP contribution in [0.25, 0.3) is 0 Å². The Morgan fingerprint density at radius 2 is 2.08 bits per heavy atom. The molecule has 0 aromatic rings. The number of sulfonamides is 1. The zero-order chi connectivity index (χ0) is 9.45. The van der Waals surface area contributed by atoms with Crippen molar-refractivity contribution >= 4 is 10.0 Å². The van der Waals surface area contributed by atoms with Gasteiger partial charge in [-0.2, -0.15) is 0 Å². The topological polar surface area (TPSA) is 81.4 Å². The number of hydrogen-bond donors (Lipinski definition) is 2. The van der Waals surface area contributed by atoms with Crippen molar-refractivity contribution < 1.29 is 13.2 Å². The molecule has 0 aromatic heterocycles. The van der Waals surface area contributed by atoms with E-state index >= 15 is 0 Å². The molecule has 5 nitrogen and oxygen atoms in total. The minimum Gasteiger partial charge on any atom is -0.380 e. The van der Waals surface area contributed by atoms with Crippen LogP contribution in [0.2, 0.25) is 0 Å². The quantitative estimate of drug-likeness (QED) is 0.506. The fourth-order valence-electron chi connectivity index (χ4n) is 0.628. The highest BCUT2D eigenvalue weighted by molar-refractivity contribution is 7.89. The molecule has 6 heteroatoms. The summed E-state index contributed by atoms with van der Waals surface area (Å²) in [5.74, 6) is -0.0286. The van der Waals surface area contributed by atoms with Gasteiger partial charge in [-0.1, -0.05) is 0 Å². The fraction of sp³-hybridized carbons (Fsp3) is 1.00. The molecule has 0 atom stereocenters. The highest BCUT2D eigenvalue weighted by Crippen LogP contribution is 1.75. The molecule has 0 aliphatic heterocycles. The molecule has 0 fully saturated rings. The first-order chi connectivity index (χ1) is 5.56. The van der Waals surface area contributed by atoms with Crippen molar-refractivity contribution in [3.05, 3.63) is 0 Å². The van der Waals surface area contributed by atoms with E-state index in [0.717, 1.165) is 0 Å². The third kappa shape index (κ3) is 9.83. The summed E-state index contributed by atoms with van der Waals surface area (Å²) < 4.78 is 25.9. The van der Waals surface area contributed by atoms with Gasteiger partial charge in [0.25, 0.3) is 0 Å². The lowest BCUT2D eigenvalue weighted by molar-refractivity contribution is 0.150. The second kappa shape index (κ2) is 6.36. The molecular weight excluding hydrogens is 180 g/mol. The van der Waals surface area contributed by atoms with Crippen LogP contribution in [0.1, 0.15) is 6.92 Å². The summed E-state index contributed by atoms with van der Waals surface area (Å²) in [5.41, 5.74) is 0. The Morgan fingerprint density at radius 1 is 1.42 bits per heavy atom. The molecule has 12 heavy (non-hydrogen) atoms. The SMILES string of the molecule is CCOCCNCCS(N)(=O)=O. The van der Waals surface area contributed by atoms with Gasteiger partial charge in [-0.05, 0) is 6.92 Å². The van der Waals surface area contributed by atoms with E-state index in [2.05, 4.69) is 5.32 Å². The number of nitrogens with two attached hydrogens (primary N) is 1. The first kappa shape index (κ1) is 11.8. The molecule has 0 heterocycles. The van der Waals surface area contributed by atoms with Crippen molar-refractivity contribution in [2.45, 2.75) is 6.92 Å². The highest BCUT2D eigenvalue weighted by Gasteiger charge is 1.99. The predicted molar refractivity (Wildman–Crippen MR) is 47.3 cm³/mol. The zero-order valence-electron chi connectivity index (χ0n) is 7.25. The van der Waals surface area contributed by atoms with Gasteiger partial charge in [-0.25, -0.2) is 13.6 Å². The monoisotopic (exact) mass is 196 g/mol. The molecule has 0 saturated carbocycles. The van der Waals surface area contributed by atoms with E-state index in [1.807, 2.05) is 6.92 Å². The van der Waals surface area contributed by atoms with Crippen molar-refractivity contribution in [2.75, 3.05) is 32.1 Å². The largest absolute Gasteiger partial charge is 0.380 e. The summed E-state index contributed by atoms with van der Waals surface area (Å²) in [6, 6.07) is 0. The standard InChI is InChI=1S/C6H16N2O3S/c1-2-11-5-3-8-4-6-12(7,9)10/h8H,2-6H2,1H3,(H2,7,9,10). The number of primary sulfonamides is 1. The molecule has 0 saturated heterocycles. The van der Waals surface area contributed by atoms with Gasteiger partial charge in [0, 0.05) is 19.7 Å². The molecular formula is C6H16N2O3S. The summed E-state index contributed by atoms with van der Waals surface area (Å²) >= 11 is 0. The number of nitrogens with one attached hydrogen (secondary N) is 1. The number of ether oxygens (including phenoxy) is 1. The Balaban J connectivity index is 3.12. The van der Waals surface area contributed by atoms with Gasteiger partial charge in [0.1, 0.15) is 0 Å². The lowest BCUT2D eigenvalue weighted by Gasteiger charge is -2.02. The van der Waals surface area contributed by atoms with E-state index in [9.17, 15) is 8.42 Å². The van der Waals surface area contributed by atoms with Gasteiger partial charge in [0.2, 0.25) is 10.0 Å². The minimum absolute atomic E-state index is 0.0286. The van der Waals surface area contributed by atoms with Crippen molar-refractivity contribution in [1.29, 1.82) is 0 Å².